The van der Waals surface area contributed by atoms with E-state index in [1.165, 1.54) is 5.54 Å². The number of ether oxygens (including phenoxy) is 16. The summed E-state index contributed by atoms with van der Waals surface area (Å²) in [6, 6.07) is -0.00977. The lowest BCUT2D eigenvalue weighted by atomic mass is 9.81. The highest BCUT2D eigenvalue weighted by molar-refractivity contribution is 6.25. The molecule has 15 rings (SSSR count). The van der Waals surface area contributed by atoms with E-state index in [1.54, 1.807) is 6.08 Å². The van der Waals surface area contributed by atoms with Gasteiger partial charge in [0.05, 0.1) is 188 Å². The number of aliphatic hydroxyl groups excluding tert-OH is 19. The zero-order chi connectivity index (χ0) is 95.9. The number of nitrogens with two attached hydrogens (primary N) is 1. The van der Waals surface area contributed by atoms with Gasteiger partial charge in [0.25, 0.3) is 0 Å². The summed E-state index contributed by atoms with van der Waals surface area (Å²) in [5.41, 5.74) is 7.76. The van der Waals surface area contributed by atoms with Crippen molar-refractivity contribution in [3.8, 4) is 47.9 Å². The van der Waals surface area contributed by atoms with Crippen LogP contribution in [0.4, 0.5) is 0 Å². The van der Waals surface area contributed by atoms with Crippen LogP contribution in [-0.2, 0) is 75.8 Å². The number of rotatable bonds is 28. The Morgan fingerprint density at radius 2 is 0.867 bits per heavy atom. The number of terminal acetylenes is 1. The van der Waals surface area contributed by atoms with E-state index < -0.39 is 250 Å². The van der Waals surface area contributed by atoms with Crippen LogP contribution in [0.5, 0.6) is 0 Å². The average molecular weight is 1970 g/mol. The molecule has 135 heavy (non-hydrogen) atoms. The summed E-state index contributed by atoms with van der Waals surface area (Å²) >= 11 is 18.9. The Morgan fingerprint density at radius 3 is 1.51 bits per heavy atom. The first-order chi connectivity index (χ1) is 64.9. The molecular weight excluding hydrogens is 1830 g/mol. The first kappa shape index (κ1) is 106. The van der Waals surface area contributed by atoms with E-state index >= 15 is 0 Å². The number of aliphatic hydroxyl groups is 19. The molecule has 21 N–H and O–H groups in total. The minimum Gasteiger partial charge on any atom is -0.394 e. The molecule has 0 radical (unpaired) electrons. The van der Waals surface area contributed by atoms with Crippen LogP contribution in [0, 0.1) is 53.8 Å². The lowest BCUT2D eigenvalue weighted by molar-refractivity contribution is -0.328. The summed E-state index contributed by atoms with van der Waals surface area (Å²) in [6.45, 7) is 1.32. The number of unbranched alkanes of at least 4 members (excludes halogenated alkanes) is 1. The van der Waals surface area contributed by atoms with Crippen molar-refractivity contribution in [1.29, 1.82) is 0 Å². The predicted octanol–water partition coefficient (Wildman–Crippen LogP) is -1.90. The molecule has 756 valence electrons. The average Bonchev–Trinajstić information content (AvgIpc) is 1.17. The third-order valence-electron chi connectivity index (χ3n) is 29.8. The normalized spacial score (nSPS) is 46.6. The summed E-state index contributed by atoms with van der Waals surface area (Å²) in [6.07, 6.45) is -26.2. The quantitative estimate of drug-likeness (QED) is 0.0176. The number of halogens is 3. The van der Waals surface area contributed by atoms with Crippen molar-refractivity contribution in [1.82, 2.24) is 0 Å². The Bertz CT molecular complexity index is 4180. The lowest BCUT2D eigenvalue weighted by Gasteiger charge is -2.54. The zero-order valence-electron chi connectivity index (χ0n) is 75.2. The van der Waals surface area contributed by atoms with Crippen LogP contribution in [0.25, 0.3) is 0 Å². The summed E-state index contributed by atoms with van der Waals surface area (Å²) in [7, 11) is 0. The molecule has 0 aromatic rings. The molecule has 0 aromatic heterocycles. The molecule has 39 heteroatoms. The summed E-state index contributed by atoms with van der Waals surface area (Å²) in [5.74, 6) is 18.7. The van der Waals surface area contributed by atoms with Gasteiger partial charge in [-0.1, -0.05) is 90.7 Å². The van der Waals surface area contributed by atoms with Gasteiger partial charge in [-0.15, -0.1) is 29.6 Å². The molecule has 0 aliphatic carbocycles. The monoisotopic (exact) mass is 1970 g/mol. The van der Waals surface area contributed by atoms with Gasteiger partial charge in [0, 0.05) is 82.2 Å². The highest BCUT2D eigenvalue weighted by Gasteiger charge is 2.62. The lowest BCUT2D eigenvalue weighted by Crippen LogP contribution is -2.70. The van der Waals surface area contributed by atoms with Gasteiger partial charge < -0.3 is 179 Å². The predicted molar refractivity (Wildman–Crippen MR) is 476 cm³/mol. The molecule has 0 spiro atoms. The highest BCUT2D eigenvalue weighted by Crippen LogP contribution is 2.49. The van der Waals surface area contributed by atoms with Crippen molar-refractivity contribution in [2.75, 3.05) is 6.61 Å². The number of hydrogen-bond acceptors (Lipinski definition) is 36. The molecule has 15 aliphatic heterocycles. The summed E-state index contributed by atoms with van der Waals surface area (Å²) in [5, 5.41) is 212. The van der Waals surface area contributed by atoms with Crippen molar-refractivity contribution in [3.05, 3.63) is 60.2 Å². The molecule has 0 bridgehead atoms. The van der Waals surface area contributed by atoms with Crippen molar-refractivity contribution < 1.29 is 173 Å². The SMILES string of the molecule is C#CC#CC[C@@H](Cl)[C@@H](O)[C@@H](O)[C@@H](O)[C@@H](O[C@H]1O[C@H](CO)[C@@H](O)[C@H]1O)[C@@H](O)C[C@@H](O)[C@@H](O)[C@@H](O)C[C@@H]1O[C@@H]([C@H]2O[C@@H]3CC[C@H]([C@H]4O[C@@H]5[C@H](C[C@H]4O)O[C@H]([C@H]4O[C@@H]6[C@H](C[C@@H]4O)O[C@@H]([C@@H]4CC[C@H]7O[C@H]([C@H]8CC[C@@H]9O[C@@H]%10C[C@@H]%11O[C@@H]%12CC[C@@H](/C=C/C=C/C[C@H](N)C/C=C/C=C/C#CCCC#C/C=C/Cl)O[C@@H]%12C[C@@H]%11O[C@@H]%10C[C@H](O)[C@@H]9O8)[C@H](C)C[C@H]7O4)C[C@@H]6O)C[C@@H]5Cl)O[C@@H]3[C@H](O)[C@@H]2O)[C@@H](O)[C@H](O)[C@H]1O. The van der Waals surface area contributed by atoms with E-state index in [0.717, 1.165) is 25.7 Å². The molecule has 0 amide bonds. The molecule has 36 nitrogen and oxygen atoms in total. The Morgan fingerprint density at radius 1 is 0.407 bits per heavy atom. The fourth-order valence-electron chi connectivity index (χ4n) is 22.6. The second kappa shape index (κ2) is 48.4. The Hall–Kier alpha value is -3.63. The maximum Gasteiger partial charge on any atom is 0.187 e. The van der Waals surface area contributed by atoms with Crippen LogP contribution < -0.4 is 5.73 Å². The van der Waals surface area contributed by atoms with E-state index in [9.17, 15) is 97.0 Å². The molecular formula is C96H136Cl3NO35. The fourth-order valence-corrected chi connectivity index (χ4v) is 23.2. The van der Waals surface area contributed by atoms with Crippen molar-refractivity contribution in [2.45, 2.75) is 471 Å². The van der Waals surface area contributed by atoms with E-state index in [2.05, 4.69) is 54.6 Å². The smallest absolute Gasteiger partial charge is 0.187 e. The Labute approximate surface area is 800 Å². The third kappa shape index (κ3) is 25.0. The van der Waals surface area contributed by atoms with E-state index in [-0.39, 0.29) is 136 Å². The van der Waals surface area contributed by atoms with Gasteiger partial charge in [0.1, 0.15) is 122 Å². The summed E-state index contributed by atoms with van der Waals surface area (Å²) in [4.78, 5) is 0. The topological polar surface area (TPSA) is 558 Å². The van der Waals surface area contributed by atoms with Crippen molar-refractivity contribution in [2.24, 2.45) is 11.7 Å². The molecule has 0 saturated carbocycles. The maximum absolute atomic E-state index is 12.0. The van der Waals surface area contributed by atoms with Gasteiger partial charge in [-0.3, -0.25) is 0 Å². The molecule has 15 aliphatic rings. The molecule has 0 unspecified atom stereocenters. The van der Waals surface area contributed by atoms with Crippen LogP contribution in [0.3, 0.4) is 0 Å². The molecule has 15 heterocycles. The Kier molecular flexibility index (Phi) is 37.9. The second-order valence-corrected chi connectivity index (χ2v) is 40.5. The number of alkyl halides is 2. The molecule has 15 saturated heterocycles. The Balaban J connectivity index is 0.474. The minimum absolute atomic E-state index is 0.00680. The van der Waals surface area contributed by atoms with Crippen LogP contribution in [0.15, 0.2) is 60.2 Å². The van der Waals surface area contributed by atoms with Crippen LogP contribution in [0.2, 0.25) is 0 Å². The first-order valence-electron chi connectivity index (χ1n) is 48.0. The minimum atomic E-state index is -2.36. The standard InChI is InChI=1S/C96H136Cl3NO35/c1-3-4-15-23-47(98)75(109)79(113)81(115)92(135-96-85(119)78(112)74(43-101)132-96)51(104)35-49(102)76(110)50(103)36-70-77(111)80(114)82(116)94(131-70)95-84(118)83(117)93-62(130-95)31-30-61(129-93)89-54(107)39-72-87(133-89)48(99)34-71(126-72)90-55(108)40-73-91(134-90)53(106)37-64(125-73)57-26-27-58-63(121-57)33-44(2)86(127-58)59-28-29-60-88(128-59)52(105)38-65-67(123-60)42-68-69(124-65)41-66-56(122-68)25-24-46(120-66)22-18-14-17-21-45(100)20-16-12-10-8-6-5-7-9-11-13-19-32-97/h1,8,10,12,14,16-19,22,32,44-96,101-119H,7,9,20-21,23-31,33-43,100H2,2H3/b10-8+,16-12+,17-14+,22-18+,32-19+/t44-,45-,46-,47-,48+,49-,50+,51+,52+,53+,54-,55+,56-,57+,58-,59-,60+,61-,62-,63-,64-,65-,66-,67-,68+,69+,70+,71+,72+,73+,74-,75-,76-,77+,78-,79-,80-,81-,82+,83-,84+,85-,86+,87+,88+,89+,90+,91+,92+,93+,94-,95+,96-/m1/s1. The van der Waals surface area contributed by atoms with Gasteiger partial charge in [0.15, 0.2) is 6.29 Å². The van der Waals surface area contributed by atoms with E-state index in [0.29, 0.717) is 64.2 Å². The number of allylic oxidation sites excluding steroid dienone is 6. The second-order valence-electron chi connectivity index (χ2n) is 39.1. The first-order valence-corrected chi connectivity index (χ1v) is 49.4. The molecule has 0 aromatic carbocycles. The third-order valence-corrected chi connectivity index (χ3v) is 30.7. The zero-order valence-corrected chi connectivity index (χ0v) is 77.4. The van der Waals surface area contributed by atoms with Crippen LogP contribution >= 0.6 is 34.8 Å². The van der Waals surface area contributed by atoms with Gasteiger partial charge in [0.2, 0.25) is 0 Å². The van der Waals surface area contributed by atoms with Gasteiger partial charge in [-0.25, -0.2) is 0 Å². The van der Waals surface area contributed by atoms with Crippen molar-refractivity contribution >= 4 is 34.8 Å². The number of fused-ring (bicyclic) bond motifs is 8. The van der Waals surface area contributed by atoms with Gasteiger partial charge in [-0.05, 0) is 107 Å². The number of hydrogen-bond donors (Lipinski definition) is 20. The molecule has 15 fully saturated rings. The van der Waals surface area contributed by atoms with Gasteiger partial charge >= 0.3 is 0 Å². The van der Waals surface area contributed by atoms with Crippen LogP contribution in [-0.4, -0.2) is 420 Å². The van der Waals surface area contributed by atoms with Crippen LogP contribution in [0.1, 0.15) is 155 Å². The highest BCUT2D eigenvalue weighted by atomic mass is 35.5. The summed E-state index contributed by atoms with van der Waals surface area (Å²) < 4.78 is 104. The molecule has 53 atom stereocenters. The van der Waals surface area contributed by atoms with Crippen molar-refractivity contribution in [3.63, 3.8) is 0 Å². The fraction of sp³-hybridized carbons (Fsp3) is 0.812. The van der Waals surface area contributed by atoms with E-state index in [4.69, 9.17) is 123 Å². The largest absolute Gasteiger partial charge is 0.394 e. The van der Waals surface area contributed by atoms with E-state index in [1.807, 2.05) is 42.4 Å². The van der Waals surface area contributed by atoms with Gasteiger partial charge in [-0.2, -0.15) is 0 Å². The maximum atomic E-state index is 12.0.